The van der Waals surface area contributed by atoms with Gasteiger partial charge in [-0.15, -0.1) is 0 Å². The predicted octanol–water partition coefficient (Wildman–Crippen LogP) is 2.39. The van der Waals surface area contributed by atoms with E-state index in [1.807, 2.05) is 0 Å². The smallest absolute Gasteiger partial charge is 0.260 e. The van der Waals surface area contributed by atoms with E-state index in [2.05, 4.69) is 0 Å². The summed E-state index contributed by atoms with van der Waals surface area (Å²) < 4.78 is 45.0. The lowest BCUT2D eigenvalue weighted by atomic mass is 10.3. The Morgan fingerprint density at radius 1 is 1.07 bits per heavy atom. The largest absolute Gasteiger partial charge is 0.484 e. The average molecular weight is 413 g/mol. The van der Waals surface area contributed by atoms with Gasteiger partial charge in [0.25, 0.3) is 5.91 Å². The SMILES string of the molecule is O=C(COc1ccc(F)c(Cl)c1)N1CCN(S(=O)(=O)c2ccccc2)CC1. The summed E-state index contributed by atoms with van der Waals surface area (Å²) in [6, 6.07) is 12.0. The Bertz CT molecular complexity index is 916. The van der Waals surface area contributed by atoms with Crippen molar-refractivity contribution in [3.05, 3.63) is 59.4 Å². The van der Waals surface area contributed by atoms with Gasteiger partial charge in [0.15, 0.2) is 6.61 Å². The number of piperazine rings is 1. The molecule has 2 aromatic carbocycles. The van der Waals surface area contributed by atoms with E-state index in [1.54, 1.807) is 35.2 Å². The van der Waals surface area contributed by atoms with Gasteiger partial charge in [0.2, 0.25) is 10.0 Å². The zero-order valence-corrected chi connectivity index (χ0v) is 15.9. The molecule has 1 aliphatic rings. The fourth-order valence-corrected chi connectivity index (χ4v) is 4.34. The molecule has 144 valence electrons. The van der Waals surface area contributed by atoms with Crippen molar-refractivity contribution in [3.8, 4) is 5.75 Å². The molecule has 0 spiro atoms. The number of amides is 1. The first kappa shape index (κ1) is 19.6. The second-order valence-electron chi connectivity index (χ2n) is 5.96. The van der Waals surface area contributed by atoms with Crippen molar-refractivity contribution in [3.63, 3.8) is 0 Å². The lowest BCUT2D eigenvalue weighted by Crippen LogP contribution is -2.51. The van der Waals surface area contributed by atoms with Crippen LogP contribution in [0.15, 0.2) is 53.4 Å². The minimum Gasteiger partial charge on any atom is -0.484 e. The Labute approximate surface area is 162 Å². The summed E-state index contributed by atoms with van der Waals surface area (Å²) in [4.78, 5) is 14.1. The molecule has 0 aliphatic carbocycles. The van der Waals surface area contributed by atoms with Gasteiger partial charge in [0.1, 0.15) is 11.6 Å². The molecule has 0 atom stereocenters. The second kappa shape index (κ2) is 8.24. The third-order valence-corrected chi connectivity index (χ3v) is 6.43. The van der Waals surface area contributed by atoms with Gasteiger partial charge in [-0.1, -0.05) is 29.8 Å². The summed E-state index contributed by atoms with van der Waals surface area (Å²) in [5, 5.41) is -0.0836. The van der Waals surface area contributed by atoms with E-state index in [4.69, 9.17) is 16.3 Å². The molecular formula is C18H18ClFN2O4S. The van der Waals surface area contributed by atoms with Crippen LogP contribution in [0, 0.1) is 5.82 Å². The van der Waals surface area contributed by atoms with E-state index in [9.17, 15) is 17.6 Å². The Morgan fingerprint density at radius 2 is 1.74 bits per heavy atom. The molecule has 0 aromatic heterocycles. The van der Waals surface area contributed by atoms with E-state index < -0.39 is 15.8 Å². The first-order chi connectivity index (χ1) is 12.9. The van der Waals surface area contributed by atoms with E-state index >= 15 is 0 Å². The Kier molecular flexibility index (Phi) is 5.98. The van der Waals surface area contributed by atoms with Crippen molar-refractivity contribution >= 4 is 27.5 Å². The Hall–Kier alpha value is -2.16. The number of rotatable bonds is 5. The maximum Gasteiger partial charge on any atom is 0.260 e. The number of sulfonamides is 1. The molecule has 2 aromatic rings. The third kappa shape index (κ3) is 4.58. The summed E-state index contributed by atoms with van der Waals surface area (Å²) in [6.07, 6.45) is 0. The number of benzene rings is 2. The highest BCUT2D eigenvalue weighted by atomic mass is 35.5. The molecule has 0 saturated carbocycles. The molecule has 0 bridgehead atoms. The monoisotopic (exact) mass is 412 g/mol. The van der Waals surface area contributed by atoms with Crippen LogP contribution in [0.3, 0.4) is 0 Å². The van der Waals surface area contributed by atoms with Crippen LogP contribution in [0.2, 0.25) is 5.02 Å². The van der Waals surface area contributed by atoms with Crippen LogP contribution in [0.4, 0.5) is 4.39 Å². The van der Waals surface area contributed by atoms with Crippen molar-refractivity contribution in [2.24, 2.45) is 0 Å². The number of carbonyl (C=O) groups is 1. The van der Waals surface area contributed by atoms with Crippen LogP contribution in [-0.4, -0.2) is 56.3 Å². The molecule has 1 fully saturated rings. The topological polar surface area (TPSA) is 66.9 Å². The third-order valence-electron chi connectivity index (χ3n) is 4.23. The number of carbonyl (C=O) groups excluding carboxylic acids is 1. The standard InChI is InChI=1S/C18H18ClFN2O4S/c19-16-12-14(6-7-17(16)20)26-13-18(23)21-8-10-22(11-9-21)27(24,25)15-4-2-1-3-5-15/h1-7,12H,8-11,13H2. The number of nitrogens with zero attached hydrogens (tertiary/aromatic N) is 2. The molecule has 0 unspecified atom stereocenters. The maximum atomic E-state index is 13.1. The molecule has 1 heterocycles. The molecule has 0 radical (unpaired) electrons. The number of hydrogen-bond donors (Lipinski definition) is 0. The van der Waals surface area contributed by atoms with Crippen LogP contribution in [0.5, 0.6) is 5.75 Å². The van der Waals surface area contributed by atoms with Crippen LogP contribution in [0.25, 0.3) is 0 Å². The Morgan fingerprint density at radius 3 is 2.37 bits per heavy atom. The molecule has 1 saturated heterocycles. The quantitative estimate of drug-likeness (QED) is 0.756. The molecule has 0 N–H and O–H groups in total. The van der Waals surface area contributed by atoms with Gasteiger partial charge in [-0.2, -0.15) is 4.31 Å². The van der Waals surface area contributed by atoms with Crippen LogP contribution in [0.1, 0.15) is 0 Å². The van der Waals surface area contributed by atoms with E-state index in [0.717, 1.165) is 6.07 Å². The van der Waals surface area contributed by atoms with Gasteiger partial charge >= 0.3 is 0 Å². The summed E-state index contributed by atoms with van der Waals surface area (Å²) in [5.74, 6) is -0.543. The molecule has 3 rings (SSSR count). The summed E-state index contributed by atoms with van der Waals surface area (Å²) >= 11 is 5.67. The summed E-state index contributed by atoms with van der Waals surface area (Å²) in [7, 11) is -3.56. The van der Waals surface area contributed by atoms with Gasteiger partial charge in [-0.25, -0.2) is 12.8 Å². The molecule has 6 nitrogen and oxygen atoms in total. The number of ether oxygens (including phenoxy) is 1. The van der Waals surface area contributed by atoms with E-state index in [0.29, 0.717) is 5.75 Å². The number of halogens is 2. The first-order valence-electron chi connectivity index (χ1n) is 8.29. The minimum atomic E-state index is -3.56. The molecular weight excluding hydrogens is 395 g/mol. The molecule has 27 heavy (non-hydrogen) atoms. The van der Waals surface area contributed by atoms with Gasteiger partial charge < -0.3 is 9.64 Å². The van der Waals surface area contributed by atoms with Crippen LogP contribution in [-0.2, 0) is 14.8 Å². The fraction of sp³-hybridized carbons (Fsp3) is 0.278. The average Bonchev–Trinajstić information content (AvgIpc) is 2.69. The van der Waals surface area contributed by atoms with E-state index in [1.165, 1.54) is 16.4 Å². The highest BCUT2D eigenvalue weighted by molar-refractivity contribution is 7.89. The van der Waals surface area contributed by atoms with E-state index in [-0.39, 0.29) is 48.6 Å². The highest BCUT2D eigenvalue weighted by Gasteiger charge is 2.30. The van der Waals surface area contributed by atoms with Gasteiger partial charge in [0, 0.05) is 32.2 Å². The van der Waals surface area contributed by atoms with Gasteiger partial charge in [-0.3, -0.25) is 4.79 Å². The van der Waals surface area contributed by atoms with Crippen molar-refractivity contribution in [2.75, 3.05) is 32.8 Å². The predicted molar refractivity (Wildman–Crippen MR) is 98.7 cm³/mol. The van der Waals surface area contributed by atoms with Crippen molar-refractivity contribution in [1.29, 1.82) is 0 Å². The summed E-state index contributed by atoms with van der Waals surface area (Å²) in [6.45, 7) is 0.751. The summed E-state index contributed by atoms with van der Waals surface area (Å²) in [5.41, 5.74) is 0. The van der Waals surface area contributed by atoms with Gasteiger partial charge in [-0.05, 0) is 24.3 Å². The normalized spacial score (nSPS) is 15.6. The van der Waals surface area contributed by atoms with Crippen molar-refractivity contribution < 1.29 is 22.3 Å². The fourth-order valence-electron chi connectivity index (χ4n) is 2.72. The zero-order chi connectivity index (χ0) is 19.4. The second-order valence-corrected chi connectivity index (χ2v) is 8.31. The van der Waals surface area contributed by atoms with Crippen LogP contribution < -0.4 is 4.74 Å². The lowest BCUT2D eigenvalue weighted by Gasteiger charge is -2.33. The number of hydrogen-bond acceptors (Lipinski definition) is 4. The van der Waals surface area contributed by atoms with Crippen LogP contribution >= 0.6 is 11.6 Å². The lowest BCUT2D eigenvalue weighted by molar-refractivity contribution is -0.134. The highest BCUT2D eigenvalue weighted by Crippen LogP contribution is 2.21. The Balaban J connectivity index is 1.54. The minimum absolute atomic E-state index is 0.0836. The van der Waals surface area contributed by atoms with Gasteiger partial charge in [0.05, 0.1) is 9.92 Å². The molecule has 1 amide bonds. The first-order valence-corrected chi connectivity index (χ1v) is 10.1. The van der Waals surface area contributed by atoms with Crippen molar-refractivity contribution in [1.82, 2.24) is 9.21 Å². The molecule has 9 heteroatoms. The zero-order valence-electron chi connectivity index (χ0n) is 14.3. The molecule has 1 aliphatic heterocycles. The maximum absolute atomic E-state index is 13.1. The van der Waals surface area contributed by atoms with Crippen molar-refractivity contribution in [2.45, 2.75) is 4.90 Å².